The molecule has 2 amide bonds. The number of piperidine rings is 1. The van der Waals surface area contributed by atoms with Crippen LogP contribution in [-0.2, 0) is 25.6 Å². The molecule has 0 bridgehead atoms. The number of amides is 2. The molecule has 1 aliphatic rings. The molecule has 1 saturated heterocycles. The van der Waals surface area contributed by atoms with Crippen LogP contribution in [0.25, 0.3) is 0 Å². The fourth-order valence-electron chi connectivity index (χ4n) is 3.03. The largest absolute Gasteiger partial charge is 0.464 e. The fourth-order valence-corrected chi connectivity index (χ4v) is 3.03. The molecule has 0 radical (unpaired) electrons. The predicted molar refractivity (Wildman–Crippen MR) is 106 cm³/mol. The molecule has 1 heterocycles. The van der Waals surface area contributed by atoms with E-state index in [1.54, 1.807) is 27.7 Å². The van der Waals surface area contributed by atoms with Crippen LogP contribution in [0.15, 0.2) is 30.3 Å². The van der Waals surface area contributed by atoms with Gasteiger partial charge in [-0.2, -0.15) is 0 Å². The molecule has 1 fully saturated rings. The van der Waals surface area contributed by atoms with Crippen molar-refractivity contribution in [1.82, 2.24) is 10.2 Å². The molecule has 1 N–H and O–H groups in total. The third-order valence-corrected chi connectivity index (χ3v) is 4.30. The van der Waals surface area contributed by atoms with Crippen LogP contribution < -0.4 is 5.32 Å². The van der Waals surface area contributed by atoms with Gasteiger partial charge in [0.05, 0.1) is 12.6 Å². The minimum absolute atomic E-state index is 0.138. The highest BCUT2D eigenvalue weighted by molar-refractivity contribution is 5.82. The van der Waals surface area contributed by atoms with Crippen molar-refractivity contribution in [3.63, 3.8) is 0 Å². The number of ether oxygens (including phenoxy) is 3. The van der Waals surface area contributed by atoms with Gasteiger partial charge in [0.15, 0.2) is 0 Å². The molecule has 8 nitrogen and oxygen atoms in total. The van der Waals surface area contributed by atoms with Gasteiger partial charge in [0.2, 0.25) is 0 Å². The second-order valence-electron chi connectivity index (χ2n) is 7.88. The highest BCUT2D eigenvalue weighted by Gasteiger charge is 2.39. The van der Waals surface area contributed by atoms with Gasteiger partial charge in [0.25, 0.3) is 0 Å². The average molecular weight is 406 g/mol. The second kappa shape index (κ2) is 10.1. The monoisotopic (exact) mass is 406 g/mol. The third kappa shape index (κ3) is 7.29. The Balaban J connectivity index is 1.97. The maximum Gasteiger partial charge on any atom is 0.411 e. The lowest BCUT2D eigenvalue weighted by atomic mass is 9.98. The molecule has 2 atom stereocenters. The van der Waals surface area contributed by atoms with Gasteiger partial charge in [-0.25, -0.2) is 14.4 Å². The Labute approximate surface area is 171 Å². The van der Waals surface area contributed by atoms with Gasteiger partial charge in [-0.1, -0.05) is 30.3 Å². The second-order valence-corrected chi connectivity index (χ2v) is 7.88. The van der Waals surface area contributed by atoms with E-state index in [4.69, 9.17) is 14.2 Å². The maximum atomic E-state index is 12.6. The van der Waals surface area contributed by atoms with E-state index in [2.05, 4.69) is 5.32 Å². The molecular formula is C21H30N2O6. The minimum Gasteiger partial charge on any atom is -0.464 e. The number of hydrogen-bond donors (Lipinski definition) is 1. The summed E-state index contributed by atoms with van der Waals surface area (Å²) in [4.78, 5) is 38.4. The summed E-state index contributed by atoms with van der Waals surface area (Å²) in [6.45, 7) is 7.50. The number of likely N-dealkylation sites (tertiary alicyclic amines) is 1. The molecule has 0 aromatic heterocycles. The average Bonchev–Trinajstić information content (AvgIpc) is 2.66. The lowest BCUT2D eigenvalue weighted by Crippen LogP contribution is -2.57. The molecule has 1 aromatic carbocycles. The van der Waals surface area contributed by atoms with Crippen LogP contribution in [0.5, 0.6) is 0 Å². The fraction of sp³-hybridized carbons (Fsp3) is 0.571. The zero-order valence-corrected chi connectivity index (χ0v) is 17.5. The van der Waals surface area contributed by atoms with Crippen LogP contribution >= 0.6 is 0 Å². The Hall–Kier alpha value is -2.77. The van der Waals surface area contributed by atoms with Crippen molar-refractivity contribution in [2.75, 3.05) is 13.2 Å². The number of carbonyl (C=O) groups excluding carboxylic acids is 3. The van der Waals surface area contributed by atoms with Gasteiger partial charge in [0.1, 0.15) is 18.2 Å². The quantitative estimate of drug-likeness (QED) is 0.596. The number of nitrogens with zero attached hydrogens (tertiary/aromatic N) is 1. The van der Waals surface area contributed by atoms with Gasteiger partial charge < -0.3 is 19.5 Å². The van der Waals surface area contributed by atoms with Crippen molar-refractivity contribution in [1.29, 1.82) is 0 Å². The first-order valence-electron chi connectivity index (χ1n) is 9.83. The Morgan fingerprint density at radius 2 is 1.79 bits per heavy atom. The standard InChI is InChI=1S/C21H30N2O6/c1-5-27-18(24)17-12-11-16(13-23(17)20(26)29-21(2,3)4)22-19(25)28-14-15-9-7-6-8-10-15/h6-10,16-17H,5,11-14H2,1-4H3,(H,22,25)/t16-,17+/m0/s1. The van der Waals surface area contributed by atoms with Crippen LogP contribution in [0.3, 0.4) is 0 Å². The molecule has 0 saturated carbocycles. The SMILES string of the molecule is CCOC(=O)[C@H]1CC[C@H](NC(=O)OCc2ccccc2)CN1C(=O)OC(C)(C)C. The molecule has 160 valence electrons. The number of hydrogen-bond acceptors (Lipinski definition) is 6. The molecule has 0 aliphatic carbocycles. The number of esters is 1. The zero-order valence-electron chi connectivity index (χ0n) is 17.5. The number of alkyl carbamates (subject to hydrolysis) is 1. The third-order valence-electron chi connectivity index (χ3n) is 4.30. The van der Waals surface area contributed by atoms with Crippen molar-refractivity contribution in [3.05, 3.63) is 35.9 Å². The van der Waals surface area contributed by atoms with E-state index >= 15 is 0 Å². The van der Waals surface area contributed by atoms with Crippen LogP contribution in [0, 0.1) is 0 Å². The van der Waals surface area contributed by atoms with Gasteiger partial charge in [0, 0.05) is 6.54 Å². The minimum atomic E-state index is -0.733. The van der Waals surface area contributed by atoms with Crippen molar-refractivity contribution < 1.29 is 28.6 Å². The number of carbonyl (C=O) groups is 3. The smallest absolute Gasteiger partial charge is 0.411 e. The Morgan fingerprint density at radius 3 is 2.41 bits per heavy atom. The van der Waals surface area contributed by atoms with Crippen LogP contribution in [0.1, 0.15) is 46.1 Å². The zero-order chi connectivity index (χ0) is 21.4. The topological polar surface area (TPSA) is 94.2 Å². The lowest BCUT2D eigenvalue weighted by molar-refractivity contribution is -0.150. The van der Waals surface area contributed by atoms with Crippen molar-refractivity contribution in [2.24, 2.45) is 0 Å². The van der Waals surface area contributed by atoms with Gasteiger partial charge in [-0.3, -0.25) is 4.90 Å². The van der Waals surface area contributed by atoms with E-state index in [0.717, 1.165) is 5.56 Å². The van der Waals surface area contributed by atoms with Crippen LogP contribution in [0.4, 0.5) is 9.59 Å². The van der Waals surface area contributed by atoms with E-state index in [-0.39, 0.29) is 25.8 Å². The predicted octanol–water partition coefficient (Wildman–Crippen LogP) is 3.24. The number of nitrogens with one attached hydrogen (secondary N) is 1. The Morgan fingerprint density at radius 1 is 1.10 bits per heavy atom. The maximum absolute atomic E-state index is 12.6. The van der Waals surface area contributed by atoms with Crippen LogP contribution in [0.2, 0.25) is 0 Å². The van der Waals surface area contributed by atoms with Crippen molar-refractivity contribution in [2.45, 2.75) is 64.8 Å². The number of rotatable bonds is 5. The molecule has 1 aliphatic heterocycles. The molecule has 29 heavy (non-hydrogen) atoms. The summed E-state index contributed by atoms with van der Waals surface area (Å²) in [5, 5.41) is 2.77. The summed E-state index contributed by atoms with van der Waals surface area (Å²) in [6.07, 6.45) is -0.303. The first-order valence-corrected chi connectivity index (χ1v) is 9.83. The summed E-state index contributed by atoms with van der Waals surface area (Å²) in [7, 11) is 0. The van der Waals surface area contributed by atoms with E-state index in [9.17, 15) is 14.4 Å². The van der Waals surface area contributed by atoms with Crippen molar-refractivity contribution in [3.8, 4) is 0 Å². The highest BCUT2D eigenvalue weighted by atomic mass is 16.6. The van der Waals surface area contributed by atoms with E-state index < -0.39 is 29.8 Å². The van der Waals surface area contributed by atoms with Crippen molar-refractivity contribution >= 4 is 18.2 Å². The molecule has 8 heteroatoms. The summed E-state index contributed by atoms with van der Waals surface area (Å²) >= 11 is 0. The molecule has 0 spiro atoms. The molecule has 0 unspecified atom stereocenters. The summed E-state index contributed by atoms with van der Waals surface area (Å²) in [5.41, 5.74) is 0.176. The van der Waals surface area contributed by atoms with Gasteiger partial charge in [-0.15, -0.1) is 0 Å². The Kier molecular flexibility index (Phi) is 7.87. The van der Waals surface area contributed by atoms with E-state index in [1.807, 2.05) is 30.3 Å². The van der Waals surface area contributed by atoms with Gasteiger partial charge >= 0.3 is 18.2 Å². The summed E-state index contributed by atoms with van der Waals surface area (Å²) in [6, 6.07) is 8.26. The first-order chi connectivity index (χ1) is 13.7. The van der Waals surface area contributed by atoms with E-state index in [0.29, 0.717) is 12.8 Å². The summed E-state index contributed by atoms with van der Waals surface area (Å²) < 4.78 is 15.8. The molecule has 1 aromatic rings. The normalized spacial score (nSPS) is 19.2. The molecular weight excluding hydrogens is 376 g/mol. The molecule has 2 rings (SSSR count). The highest BCUT2D eigenvalue weighted by Crippen LogP contribution is 2.22. The Bertz CT molecular complexity index is 701. The van der Waals surface area contributed by atoms with E-state index in [1.165, 1.54) is 4.90 Å². The lowest BCUT2D eigenvalue weighted by Gasteiger charge is -2.38. The van der Waals surface area contributed by atoms with Gasteiger partial charge in [-0.05, 0) is 46.1 Å². The van der Waals surface area contributed by atoms with Crippen LogP contribution in [-0.4, -0.2) is 53.9 Å². The summed E-state index contributed by atoms with van der Waals surface area (Å²) in [5.74, 6) is -0.469. The first kappa shape index (κ1) is 22.5. The number of benzene rings is 1.